The molecule has 0 amide bonds. The number of non-ortho nitro benzene ring substituents is 1. The van der Waals surface area contributed by atoms with Crippen molar-refractivity contribution < 1.29 is 10.0 Å². The molecule has 2 aromatic carbocycles. The highest BCUT2D eigenvalue weighted by Crippen LogP contribution is 2.31. The maximum absolute atomic E-state index is 12.3. The molecule has 7 nitrogen and oxygen atoms in total. The number of phenolic OH excluding ortho intramolecular Hbond substituents is 1. The normalized spacial score (nSPS) is 10.2. The van der Waals surface area contributed by atoms with Crippen molar-refractivity contribution in [1.29, 1.82) is 5.26 Å². The minimum Gasteiger partial charge on any atom is -0.507 e. The van der Waals surface area contributed by atoms with E-state index in [1.54, 1.807) is 24.3 Å². The minimum absolute atomic E-state index is 0.0344. The minimum atomic E-state index is -0.634. The molecule has 0 radical (unpaired) electrons. The number of nitrogens with one attached hydrogen (secondary N) is 1. The Bertz CT molecular complexity index is 1080. The van der Waals surface area contributed by atoms with Crippen molar-refractivity contribution in [2.45, 2.75) is 0 Å². The molecule has 1 heterocycles. The largest absolute Gasteiger partial charge is 0.507 e. The van der Waals surface area contributed by atoms with Gasteiger partial charge in [-0.3, -0.25) is 14.9 Å². The fraction of sp³-hybridized carbons (Fsp3) is 0. The zero-order valence-corrected chi connectivity index (χ0v) is 12.8. The Morgan fingerprint density at radius 2 is 1.84 bits per heavy atom. The molecule has 3 rings (SSSR count). The van der Waals surface area contributed by atoms with Gasteiger partial charge in [0.25, 0.3) is 11.2 Å². The molecule has 0 aliphatic heterocycles. The second-order valence-electron chi connectivity index (χ2n) is 5.24. The van der Waals surface area contributed by atoms with Crippen LogP contribution in [0, 0.1) is 21.4 Å². The van der Waals surface area contributed by atoms with E-state index in [0.717, 1.165) is 0 Å². The Hall–Kier alpha value is -3.92. The molecule has 1 aromatic heterocycles. The lowest BCUT2D eigenvalue weighted by Gasteiger charge is -2.09. The molecule has 3 aromatic rings. The zero-order chi connectivity index (χ0) is 18.0. The number of nitriles is 1. The lowest BCUT2D eigenvalue weighted by Crippen LogP contribution is -2.12. The number of aromatic hydroxyl groups is 1. The van der Waals surface area contributed by atoms with Crippen LogP contribution in [0.25, 0.3) is 22.4 Å². The standard InChI is InChI=1S/C18H11N3O4/c19-10-15-14(11-4-3-5-12(8-11)21(24)25)9-16(20-18(15)23)13-6-1-2-7-17(13)22/h1-9,22H,(H,20,23). The van der Waals surface area contributed by atoms with E-state index in [1.165, 1.54) is 30.3 Å². The van der Waals surface area contributed by atoms with Crippen LogP contribution in [-0.2, 0) is 0 Å². The highest BCUT2D eigenvalue weighted by molar-refractivity contribution is 5.77. The summed E-state index contributed by atoms with van der Waals surface area (Å²) in [5, 5.41) is 30.3. The highest BCUT2D eigenvalue weighted by atomic mass is 16.6. The second kappa shape index (κ2) is 6.29. The third-order valence-electron chi connectivity index (χ3n) is 3.71. The van der Waals surface area contributed by atoms with Crippen LogP contribution in [0.4, 0.5) is 5.69 Å². The first-order valence-corrected chi connectivity index (χ1v) is 7.22. The molecular weight excluding hydrogens is 322 g/mol. The Morgan fingerprint density at radius 1 is 1.08 bits per heavy atom. The summed E-state index contributed by atoms with van der Waals surface area (Å²) in [6, 6.07) is 15.5. The molecule has 0 spiro atoms. The van der Waals surface area contributed by atoms with Crippen LogP contribution < -0.4 is 5.56 Å². The third-order valence-corrected chi connectivity index (χ3v) is 3.71. The van der Waals surface area contributed by atoms with Gasteiger partial charge in [0, 0.05) is 23.3 Å². The van der Waals surface area contributed by atoms with E-state index in [4.69, 9.17) is 0 Å². The van der Waals surface area contributed by atoms with Crippen LogP contribution in [0.1, 0.15) is 5.56 Å². The number of rotatable bonds is 3. The van der Waals surface area contributed by atoms with Crippen molar-refractivity contribution in [3.63, 3.8) is 0 Å². The van der Waals surface area contributed by atoms with Gasteiger partial charge in [-0.1, -0.05) is 24.3 Å². The number of para-hydroxylation sites is 1. The van der Waals surface area contributed by atoms with Crippen molar-refractivity contribution >= 4 is 5.69 Å². The fourth-order valence-corrected chi connectivity index (χ4v) is 2.53. The maximum atomic E-state index is 12.3. The van der Waals surface area contributed by atoms with E-state index in [1.807, 2.05) is 6.07 Å². The van der Waals surface area contributed by atoms with E-state index in [0.29, 0.717) is 16.8 Å². The predicted octanol–water partition coefficient (Wildman–Crippen LogP) is 3.19. The molecule has 0 aliphatic carbocycles. The second-order valence-corrected chi connectivity index (χ2v) is 5.24. The van der Waals surface area contributed by atoms with Crippen LogP contribution in [0.5, 0.6) is 5.75 Å². The lowest BCUT2D eigenvalue weighted by molar-refractivity contribution is -0.384. The number of H-pyrrole nitrogens is 1. The number of nitro groups is 1. The quantitative estimate of drug-likeness (QED) is 0.563. The van der Waals surface area contributed by atoms with E-state index in [-0.39, 0.29) is 22.6 Å². The number of aromatic nitrogens is 1. The number of pyridine rings is 1. The molecule has 25 heavy (non-hydrogen) atoms. The molecule has 0 fully saturated rings. The summed E-state index contributed by atoms with van der Waals surface area (Å²) in [6.45, 7) is 0. The molecule has 0 unspecified atom stereocenters. The van der Waals surface area contributed by atoms with Crippen LogP contribution in [0.2, 0.25) is 0 Å². The Labute approximate surface area is 141 Å². The van der Waals surface area contributed by atoms with E-state index in [2.05, 4.69) is 4.98 Å². The van der Waals surface area contributed by atoms with Gasteiger partial charge in [-0.25, -0.2) is 0 Å². The SMILES string of the molecule is N#Cc1c(-c2cccc([N+](=O)[O-])c2)cc(-c2ccccc2O)[nH]c1=O. The van der Waals surface area contributed by atoms with Crippen LogP contribution in [0.15, 0.2) is 59.4 Å². The molecule has 7 heteroatoms. The molecule has 0 saturated carbocycles. The monoisotopic (exact) mass is 333 g/mol. The summed E-state index contributed by atoms with van der Waals surface area (Å²) in [4.78, 5) is 25.3. The highest BCUT2D eigenvalue weighted by Gasteiger charge is 2.16. The number of phenols is 1. The number of nitrogens with zero attached hydrogens (tertiary/aromatic N) is 2. The van der Waals surface area contributed by atoms with Gasteiger partial charge in [0.1, 0.15) is 17.4 Å². The fourth-order valence-electron chi connectivity index (χ4n) is 2.53. The molecule has 122 valence electrons. The van der Waals surface area contributed by atoms with E-state index >= 15 is 0 Å². The molecule has 0 bridgehead atoms. The molecule has 0 atom stereocenters. The third kappa shape index (κ3) is 2.96. The van der Waals surface area contributed by atoms with Crippen molar-refractivity contribution in [3.8, 4) is 34.2 Å². The van der Waals surface area contributed by atoms with Crippen molar-refractivity contribution in [3.05, 3.63) is 80.6 Å². The van der Waals surface area contributed by atoms with E-state index in [9.17, 15) is 25.3 Å². The molecule has 0 aliphatic rings. The summed E-state index contributed by atoms with van der Waals surface area (Å²) >= 11 is 0. The van der Waals surface area contributed by atoms with Crippen molar-refractivity contribution in [2.75, 3.05) is 0 Å². The Morgan fingerprint density at radius 3 is 2.52 bits per heavy atom. The van der Waals surface area contributed by atoms with Crippen LogP contribution in [-0.4, -0.2) is 15.0 Å². The van der Waals surface area contributed by atoms with E-state index < -0.39 is 10.5 Å². The van der Waals surface area contributed by atoms with Crippen molar-refractivity contribution in [1.82, 2.24) is 4.98 Å². The number of benzene rings is 2. The zero-order valence-electron chi connectivity index (χ0n) is 12.8. The van der Waals surface area contributed by atoms with Gasteiger partial charge in [0.05, 0.1) is 10.6 Å². The average Bonchev–Trinajstić information content (AvgIpc) is 2.61. The first-order chi connectivity index (χ1) is 12.0. The molecule has 2 N–H and O–H groups in total. The Kier molecular flexibility index (Phi) is 4.02. The van der Waals surface area contributed by atoms with Gasteiger partial charge in [-0.15, -0.1) is 0 Å². The van der Waals surface area contributed by atoms with Crippen LogP contribution in [0.3, 0.4) is 0 Å². The summed E-state index contributed by atoms with van der Waals surface area (Å²) in [7, 11) is 0. The topological polar surface area (TPSA) is 120 Å². The predicted molar refractivity (Wildman–Crippen MR) is 91.0 cm³/mol. The Balaban J connectivity index is 2.28. The van der Waals surface area contributed by atoms with Gasteiger partial charge in [-0.2, -0.15) is 5.26 Å². The van der Waals surface area contributed by atoms with Gasteiger partial charge < -0.3 is 10.1 Å². The number of nitro benzene ring substituents is 1. The average molecular weight is 333 g/mol. The maximum Gasteiger partial charge on any atom is 0.270 e. The van der Waals surface area contributed by atoms with Crippen molar-refractivity contribution in [2.24, 2.45) is 0 Å². The summed E-state index contributed by atoms with van der Waals surface area (Å²) in [6.07, 6.45) is 0. The summed E-state index contributed by atoms with van der Waals surface area (Å²) in [5.74, 6) is -0.0344. The van der Waals surface area contributed by atoms with Gasteiger partial charge in [0.2, 0.25) is 0 Å². The number of aromatic amines is 1. The van der Waals surface area contributed by atoms with Crippen LogP contribution >= 0.6 is 0 Å². The molecule has 0 saturated heterocycles. The number of hydrogen-bond acceptors (Lipinski definition) is 5. The van der Waals surface area contributed by atoms with Gasteiger partial charge in [0.15, 0.2) is 0 Å². The molecular formula is C18H11N3O4. The van der Waals surface area contributed by atoms with Gasteiger partial charge in [-0.05, 0) is 23.8 Å². The smallest absolute Gasteiger partial charge is 0.270 e. The summed E-state index contributed by atoms with van der Waals surface area (Å²) in [5.41, 5.74) is 0.385. The van der Waals surface area contributed by atoms with Gasteiger partial charge >= 0.3 is 0 Å². The summed E-state index contributed by atoms with van der Waals surface area (Å²) < 4.78 is 0. The lowest BCUT2D eigenvalue weighted by atomic mass is 9.98. The first kappa shape index (κ1) is 16.0. The first-order valence-electron chi connectivity index (χ1n) is 7.22. The number of hydrogen-bond donors (Lipinski definition) is 2.